The standard InChI is InChI=1S/C20H25N3O7S2/c1-5-18(15-7-10-17(11-8-15)31(3,27)28)21-20(24)13-22(32(4,29)30)19-12-16(23(25)26)9-6-14(19)2/h6-12,18H,5,13H2,1-4H3,(H,21,24). The van der Waals surface area contributed by atoms with Gasteiger partial charge in [0.15, 0.2) is 9.84 Å². The summed E-state index contributed by atoms with van der Waals surface area (Å²) in [5, 5.41) is 13.8. The van der Waals surface area contributed by atoms with Crippen molar-refractivity contribution < 1.29 is 26.6 Å². The van der Waals surface area contributed by atoms with Gasteiger partial charge in [-0.25, -0.2) is 16.8 Å². The van der Waals surface area contributed by atoms with E-state index in [0.29, 0.717) is 17.5 Å². The quantitative estimate of drug-likeness (QED) is 0.426. The van der Waals surface area contributed by atoms with E-state index < -0.39 is 43.3 Å². The van der Waals surface area contributed by atoms with E-state index in [4.69, 9.17) is 0 Å². The minimum absolute atomic E-state index is 0.0439. The van der Waals surface area contributed by atoms with E-state index in [1.54, 1.807) is 19.1 Å². The molecule has 0 fully saturated rings. The molecule has 0 spiro atoms. The molecule has 0 heterocycles. The number of nitrogens with zero attached hydrogens (tertiary/aromatic N) is 2. The van der Waals surface area contributed by atoms with Gasteiger partial charge in [0.1, 0.15) is 6.54 Å². The highest BCUT2D eigenvalue weighted by molar-refractivity contribution is 7.92. The summed E-state index contributed by atoms with van der Waals surface area (Å²) in [6.07, 6.45) is 2.48. The molecule has 1 amide bonds. The number of sulfonamides is 1. The summed E-state index contributed by atoms with van der Waals surface area (Å²) in [6.45, 7) is 2.83. The molecule has 2 aromatic carbocycles. The summed E-state index contributed by atoms with van der Waals surface area (Å²) in [5.41, 5.74) is 0.863. The lowest BCUT2D eigenvalue weighted by atomic mass is 10.0. The Balaban J connectivity index is 2.29. The molecule has 2 rings (SSSR count). The molecule has 1 atom stereocenters. The Labute approximate surface area is 187 Å². The van der Waals surface area contributed by atoms with Crippen LogP contribution in [0.5, 0.6) is 0 Å². The summed E-state index contributed by atoms with van der Waals surface area (Å²) in [4.78, 5) is 23.3. The van der Waals surface area contributed by atoms with Crippen LogP contribution >= 0.6 is 0 Å². The average molecular weight is 484 g/mol. The molecule has 1 unspecified atom stereocenters. The number of nitro groups is 1. The predicted molar refractivity (Wildman–Crippen MR) is 121 cm³/mol. The van der Waals surface area contributed by atoms with Crippen molar-refractivity contribution in [2.45, 2.75) is 31.2 Å². The second kappa shape index (κ2) is 9.65. The van der Waals surface area contributed by atoms with Crippen LogP contribution in [0, 0.1) is 17.0 Å². The molecule has 0 bridgehead atoms. The predicted octanol–water partition coefficient (Wildman–Crippen LogP) is 2.34. The molecule has 12 heteroatoms. The van der Waals surface area contributed by atoms with Gasteiger partial charge in [-0.3, -0.25) is 19.2 Å². The van der Waals surface area contributed by atoms with Crippen LogP contribution in [0.15, 0.2) is 47.4 Å². The molecular weight excluding hydrogens is 458 g/mol. The third kappa shape index (κ3) is 6.26. The van der Waals surface area contributed by atoms with E-state index in [1.807, 2.05) is 6.92 Å². The average Bonchev–Trinajstić information content (AvgIpc) is 2.69. The van der Waals surface area contributed by atoms with Gasteiger partial charge < -0.3 is 5.32 Å². The first-order valence-corrected chi connectivity index (χ1v) is 13.3. The van der Waals surface area contributed by atoms with Crippen LogP contribution < -0.4 is 9.62 Å². The minimum Gasteiger partial charge on any atom is -0.348 e. The SMILES string of the molecule is CCC(NC(=O)CN(c1cc([N+](=O)[O-])ccc1C)S(C)(=O)=O)c1ccc(S(C)(=O)=O)cc1. The fraction of sp³-hybridized carbons (Fsp3) is 0.350. The molecule has 2 aromatic rings. The largest absolute Gasteiger partial charge is 0.348 e. The molecule has 0 aromatic heterocycles. The molecule has 0 aliphatic carbocycles. The number of nitrogens with one attached hydrogen (secondary N) is 1. The van der Waals surface area contributed by atoms with E-state index in [0.717, 1.165) is 22.9 Å². The number of carbonyl (C=O) groups is 1. The van der Waals surface area contributed by atoms with Crippen molar-refractivity contribution in [2.75, 3.05) is 23.4 Å². The lowest BCUT2D eigenvalue weighted by Crippen LogP contribution is -2.41. The van der Waals surface area contributed by atoms with Gasteiger partial charge in [-0.2, -0.15) is 0 Å². The maximum absolute atomic E-state index is 12.7. The highest BCUT2D eigenvalue weighted by Crippen LogP contribution is 2.27. The fourth-order valence-electron chi connectivity index (χ4n) is 3.10. The first kappa shape index (κ1) is 25.3. The van der Waals surface area contributed by atoms with E-state index in [9.17, 15) is 31.7 Å². The maximum atomic E-state index is 12.7. The van der Waals surface area contributed by atoms with Crippen LogP contribution in [0.2, 0.25) is 0 Å². The van der Waals surface area contributed by atoms with Crippen LogP contribution in [0.3, 0.4) is 0 Å². The third-order valence-corrected chi connectivity index (χ3v) is 7.07. The summed E-state index contributed by atoms with van der Waals surface area (Å²) < 4.78 is 48.8. The number of benzene rings is 2. The van der Waals surface area contributed by atoms with E-state index >= 15 is 0 Å². The first-order valence-electron chi connectivity index (χ1n) is 9.56. The first-order chi connectivity index (χ1) is 14.7. The van der Waals surface area contributed by atoms with Gasteiger partial charge in [-0.05, 0) is 36.6 Å². The number of amides is 1. The van der Waals surface area contributed by atoms with Crippen molar-refractivity contribution >= 4 is 37.1 Å². The zero-order valence-corrected chi connectivity index (χ0v) is 19.7. The molecule has 0 aliphatic rings. The van der Waals surface area contributed by atoms with Crippen molar-refractivity contribution in [1.29, 1.82) is 0 Å². The van der Waals surface area contributed by atoms with Gasteiger partial charge in [0.05, 0.1) is 27.8 Å². The molecular formula is C20H25N3O7S2. The van der Waals surface area contributed by atoms with Gasteiger partial charge in [0, 0.05) is 18.4 Å². The zero-order valence-electron chi connectivity index (χ0n) is 18.1. The van der Waals surface area contributed by atoms with Crippen LogP contribution in [0.4, 0.5) is 11.4 Å². The van der Waals surface area contributed by atoms with Gasteiger partial charge in [0.2, 0.25) is 15.9 Å². The molecule has 10 nitrogen and oxygen atoms in total. The molecule has 0 radical (unpaired) electrons. The second-order valence-corrected chi connectivity index (χ2v) is 11.3. The van der Waals surface area contributed by atoms with Crippen molar-refractivity contribution in [3.05, 3.63) is 63.7 Å². The summed E-state index contributed by atoms with van der Waals surface area (Å²) >= 11 is 0. The molecule has 1 N–H and O–H groups in total. The second-order valence-electron chi connectivity index (χ2n) is 7.37. The van der Waals surface area contributed by atoms with E-state index in [1.165, 1.54) is 24.3 Å². The number of rotatable bonds is 9. The van der Waals surface area contributed by atoms with Crippen LogP contribution in [-0.4, -0.2) is 46.7 Å². The van der Waals surface area contributed by atoms with Crippen molar-refractivity contribution in [3.8, 4) is 0 Å². The lowest BCUT2D eigenvalue weighted by molar-refractivity contribution is -0.384. The van der Waals surface area contributed by atoms with E-state index in [-0.39, 0.29) is 16.3 Å². The number of non-ortho nitro benzene ring substituents is 1. The Morgan fingerprint density at radius 3 is 2.16 bits per heavy atom. The van der Waals surface area contributed by atoms with Gasteiger partial charge in [-0.15, -0.1) is 0 Å². The molecule has 0 saturated heterocycles. The third-order valence-electron chi connectivity index (χ3n) is 4.81. The normalized spacial score (nSPS) is 12.8. The molecule has 0 saturated carbocycles. The number of nitro benzene ring substituents is 1. The molecule has 32 heavy (non-hydrogen) atoms. The zero-order chi connectivity index (χ0) is 24.3. The Hall–Kier alpha value is -2.99. The monoisotopic (exact) mass is 483 g/mol. The summed E-state index contributed by atoms with van der Waals surface area (Å²) in [5.74, 6) is -0.611. The smallest absolute Gasteiger partial charge is 0.271 e. The fourth-order valence-corrected chi connectivity index (χ4v) is 4.64. The van der Waals surface area contributed by atoms with Crippen molar-refractivity contribution in [2.24, 2.45) is 0 Å². The topological polar surface area (TPSA) is 144 Å². The van der Waals surface area contributed by atoms with Crippen LogP contribution in [-0.2, 0) is 24.7 Å². The molecule has 0 aliphatic heterocycles. The maximum Gasteiger partial charge on any atom is 0.271 e. The number of hydrogen-bond acceptors (Lipinski definition) is 7. The van der Waals surface area contributed by atoms with Crippen LogP contribution in [0.1, 0.15) is 30.5 Å². The highest BCUT2D eigenvalue weighted by Gasteiger charge is 2.25. The highest BCUT2D eigenvalue weighted by atomic mass is 32.2. The minimum atomic E-state index is -3.92. The van der Waals surface area contributed by atoms with Crippen molar-refractivity contribution in [1.82, 2.24) is 5.32 Å². The Morgan fingerprint density at radius 1 is 1.09 bits per heavy atom. The van der Waals surface area contributed by atoms with Gasteiger partial charge >= 0.3 is 0 Å². The Kier molecular flexibility index (Phi) is 7.62. The summed E-state index contributed by atoms with van der Waals surface area (Å²) in [7, 11) is -7.28. The van der Waals surface area contributed by atoms with E-state index in [2.05, 4.69) is 5.32 Å². The molecule has 174 valence electrons. The van der Waals surface area contributed by atoms with Gasteiger partial charge in [-0.1, -0.05) is 25.1 Å². The Bertz CT molecular complexity index is 1220. The Morgan fingerprint density at radius 2 is 1.69 bits per heavy atom. The number of hydrogen-bond donors (Lipinski definition) is 1. The number of carbonyl (C=O) groups excluding carboxylic acids is 1. The summed E-state index contributed by atoms with van der Waals surface area (Å²) in [6, 6.07) is 9.36. The number of sulfone groups is 1. The van der Waals surface area contributed by atoms with Crippen LogP contribution in [0.25, 0.3) is 0 Å². The lowest BCUT2D eigenvalue weighted by Gasteiger charge is -2.25. The van der Waals surface area contributed by atoms with Gasteiger partial charge in [0.25, 0.3) is 5.69 Å². The van der Waals surface area contributed by atoms with Crippen molar-refractivity contribution in [3.63, 3.8) is 0 Å². The number of anilines is 1. The number of aryl methyl sites for hydroxylation is 1.